The number of likely N-dealkylation sites (tertiary alicyclic amines) is 2. The van der Waals surface area contributed by atoms with Crippen LogP contribution in [0.5, 0.6) is 0 Å². The maximum atomic E-state index is 13.9. The summed E-state index contributed by atoms with van der Waals surface area (Å²) < 4.78 is 32.7. The van der Waals surface area contributed by atoms with Gasteiger partial charge in [-0.25, -0.2) is 8.78 Å². The number of hydrogen-bond donors (Lipinski definition) is 0. The Hall–Kier alpha value is -1.53. The number of amides is 1. The Labute approximate surface area is 165 Å². The van der Waals surface area contributed by atoms with E-state index >= 15 is 0 Å². The summed E-state index contributed by atoms with van der Waals surface area (Å²) in [5.74, 6) is 0.189. The van der Waals surface area contributed by atoms with E-state index in [2.05, 4.69) is 9.80 Å². The van der Waals surface area contributed by atoms with E-state index in [9.17, 15) is 13.6 Å². The standard InChI is InChI=1S/C22H30F2N2O2/c23-20-3-1-2-19(21(20)24)14-25-9-4-16(5-10-25)18-6-11-26(15-18)22(27)17-7-12-28-13-8-17/h1-3,16-18H,4-15H2. The molecule has 0 saturated carbocycles. The van der Waals surface area contributed by atoms with Crippen LogP contribution in [0, 0.1) is 29.4 Å². The Balaban J connectivity index is 1.25. The highest BCUT2D eigenvalue weighted by Crippen LogP contribution is 2.33. The van der Waals surface area contributed by atoms with Crippen molar-refractivity contribution in [3.05, 3.63) is 35.4 Å². The zero-order valence-electron chi connectivity index (χ0n) is 16.4. The molecule has 0 bridgehead atoms. The largest absolute Gasteiger partial charge is 0.381 e. The van der Waals surface area contributed by atoms with Gasteiger partial charge in [-0.15, -0.1) is 0 Å². The minimum Gasteiger partial charge on any atom is -0.381 e. The first-order valence-corrected chi connectivity index (χ1v) is 10.6. The lowest BCUT2D eigenvalue weighted by Gasteiger charge is -2.35. The van der Waals surface area contributed by atoms with Gasteiger partial charge in [0.2, 0.25) is 5.91 Å². The van der Waals surface area contributed by atoms with Crippen LogP contribution in [0.4, 0.5) is 8.78 Å². The fourth-order valence-corrected chi connectivity index (χ4v) is 5.07. The van der Waals surface area contributed by atoms with Crippen LogP contribution in [-0.4, -0.2) is 55.1 Å². The molecule has 154 valence electrons. The first-order valence-electron chi connectivity index (χ1n) is 10.6. The van der Waals surface area contributed by atoms with E-state index in [1.807, 2.05) is 0 Å². The van der Waals surface area contributed by atoms with Crippen molar-refractivity contribution in [2.45, 2.75) is 38.6 Å². The van der Waals surface area contributed by atoms with Gasteiger partial charge in [0.1, 0.15) is 0 Å². The Morgan fingerprint density at radius 1 is 1.00 bits per heavy atom. The highest BCUT2D eigenvalue weighted by Gasteiger charge is 2.36. The minimum atomic E-state index is -0.771. The lowest BCUT2D eigenvalue weighted by Crippen LogP contribution is -2.39. The number of carbonyl (C=O) groups is 1. The molecule has 0 N–H and O–H groups in total. The monoisotopic (exact) mass is 392 g/mol. The fraction of sp³-hybridized carbons (Fsp3) is 0.682. The average Bonchev–Trinajstić information content (AvgIpc) is 3.22. The molecule has 3 heterocycles. The summed E-state index contributed by atoms with van der Waals surface area (Å²) in [6, 6.07) is 4.41. The predicted molar refractivity (Wildman–Crippen MR) is 103 cm³/mol. The molecule has 1 aromatic rings. The van der Waals surface area contributed by atoms with Crippen molar-refractivity contribution in [1.29, 1.82) is 0 Å². The second-order valence-electron chi connectivity index (χ2n) is 8.55. The zero-order chi connectivity index (χ0) is 19.5. The van der Waals surface area contributed by atoms with Gasteiger partial charge in [0.25, 0.3) is 0 Å². The van der Waals surface area contributed by atoms with E-state index in [1.165, 1.54) is 6.07 Å². The predicted octanol–water partition coefficient (Wildman–Crippen LogP) is 3.45. The first-order chi connectivity index (χ1) is 13.6. The topological polar surface area (TPSA) is 32.8 Å². The number of nitrogens with zero attached hydrogens (tertiary/aromatic N) is 2. The number of ether oxygens (including phenoxy) is 1. The number of carbonyl (C=O) groups excluding carboxylic acids is 1. The van der Waals surface area contributed by atoms with Crippen LogP contribution in [0.15, 0.2) is 18.2 Å². The minimum absolute atomic E-state index is 0.149. The third-order valence-corrected chi connectivity index (χ3v) is 6.83. The smallest absolute Gasteiger partial charge is 0.225 e. The summed E-state index contributed by atoms with van der Waals surface area (Å²) in [4.78, 5) is 17.0. The molecule has 4 rings (SSSR count). The summed E-state index contributed by atoms with van der Waals surface area (Å²) in [7, 11) is 0. The second-order valence-corrected chi connectivity index (χ2v) is 8.55. The molecule has 3 aliphatic heterocycles. The lowest BCUT2D eigenvalue weighted by atomic mass is 9.83. The number of rotatable bonds is 4. The maximum Gasteiger partial charge on any atom is 0.225 e. The van der Waals surface area contributed by atoms with Gasteiger partial charge in [-0.3, -0.25) is 9.69 Å². The molecule has 4 nitrogen and oxygen atoms in total. The molecular weight excluding hydrogens is 362 g/mol. The van der Waals surface area contributed by atoms with Crippen molar-refractivity contribution in [3.63, 3.8) is 0 Å². The molecule has 6 heteroatoms. The van der Waals surface area contributed by atoms with Crippen molar-refractivity contribution in [2.75, 3.05) is 39.4 Å². The van der Waals surface area contributed by atoms with Crippen molar-refractivity contribution < 1.29 is 18.3 Å². The molecule has 1 aromatic carbocycles. The molecule has 3 fully saturated rings. The van der Waals surface area contributed by atoms with Crippen molar-refractivity contribution in [1.82, 2.24) is 9.80 Å². The van der Waals surface area contributed by atoms with Gasteiger partial charge in [-0.2, -0.15) is 0 Å². The molecule has 3 saturated heterocycles. The van der Waals surface area contributed by atoms with Crippen LogP contribution >= 0.6 is 0 Å². The first kappa shape index (κ1) is 19.8. The van der Waals surface area contributed by atoms with E-state index in [1.54, 1.807) is 12.1 Å². The van der Waals surface area contributed by atoms with E-state index in [0.717, 1.165) is 58.3 Å². The van der Waals surface area contributed by atoms with Crippen LogP contribution < -0.4 is 0 Å². The van der Waals surface area contributed by atoms with Crippen molar-refractivity contribution in [2.24, 2.45) is 17.8 Å². The maximum absolute atomic E-state index is 13.9. The fourth-order valence-electron chi connectivity index (χ4n) is 5.07. The molecular formula is C22H30F2N2O2. The number of halogens is 2. The van der Waals surface area contributed by atoms with E-state index < -0.39 is 11.6 Å². The van der Waals surface area contributed by atoms with E-state index in [0.29, 0.717) is 43.1 Å². The summed E-state index contributed by atoms with van der Waals surface area (Å²) in [6.07, 6.45) is 4.95. The quantitative estimate of drug-likeness (QED) is 0.787. The van der Waals surface area contributed by atoms with Gasteiger partial charge < -0.3 is 9.64 Å². The van der Waals surface area contributed by atoms with Gasteiger partial charge in [0, 0.05) is 44.3 Å². The number of hydrogen-bond acceptors (Lipinski definition) is 3. The Kier molecular flexibility index (Phi) is 6.26. The molecule has 0 radical (unpaired) electrons. The van der Waals surface area contributed by atoms with Crippen LogP contribution in [0.2, 0.25) is 0 Å². The third-order valence-electron chi connectivity index (χ3n) is 6.83. The summed E-state index contributed by atoms with van der Waals surface area (Å²) in [5.41, 5.74) is 0.438. The molecule has 1 unspecified atom stereocenters. The second kappa shape index (κ2) is 8.87. The van der Waals surface area contributed by atoms with E-state index in [-0.39, 0.29) is 5.92 Å². The van der Waals surface area contributed by atoms with Crippen LogP contribution in [0.3, 0.4) is 0 Å². The Bertz CT molecular complexity index is 685. The van der Waals surface area contributed by atoms with Gasteiger partial charge in [0.05, 0.1) is 0 Å². The summed E-state index contributed by atoms with van der Waals surface area (Å²) in [6.45, 7) is 5.47. The molecule has 1 amide bonds. The molecule has 3 aliphatic rings. The van der Waals surface area contributed by atoms with Gasteiger partial charge in [-0.1, -0.05) is 12.1 Å². The number of piperidine rings is 1. The SMILES string of the molecule is O=C(C1CCOCC1)N1CCC(C2CCN(Cc3cccc(F)c3F)CC2)C1. The molecule has 1 atom stereocenters. The normalized spacial score (nSPS) is 25.4. The molecule has 0 aliphatic carbocycles. The summed E-state index contributed by atoms with van der Waals surface area (Å²) in [5, 5.41) is 0. The van der Waals surface area contributed by atoms with Crippen LogP contribution in [0.1, 0.15) is 37.7 Å². The van der Waals surface area contributed by atoms with E-state index in [4.69, 9.17) is 4.74 Å². The lowest BCUT2D eigenvalue weighted by molar-refractivity contribution is -0.137. The Morgan fingerprint density at radius 3 is 2.46 bits per heavy atom. The highest BCUT2D eigenvalue weighted by atomic mass is 19.2. The highest BCUT2D eigenvalue weighted by molar-refractivity contribution is 5.79. The molecule has 0 aromatic heterocycles. The zero-order valence-corrected chi connectivity index (χ0v) is 16.4. The van der Waals surface area contributed by atoms with Crippen molar-refractivity contribution in [3.8, 4) is 0 Å². The van der Waals surface area contributed by atoms with Crippen LogP contribution in [-0.2, 0) is 16.1 Å². The van der Waals surface area contributed by atoms with Gasteiger partial charge in [0.15, 0.2) is 11.6 Å². The molecule has 28 heavy (non-hydrogen) atoms. The van der Waals surface area contributed by atoms with Crippen LogP contribution in [0.25, 0.3) is 0 Å². The number of benzene rings is 1. The van der Waals surface area contributed by atoms with Crippen molar-refractivity contribution >= 4 is 5.91 Å². The third kappa shape index (κ3) is 4.38. The Morgan fingerprint density at radius 2 is 1.71 bits per heavy atom. The molecule has 0 spiro atoms. The van der Waals surface area contributed by atoms with Gasteiger partial charge >= 0.3 is 0 Å². The average molecular weight is 392 g/mol. The summed E-state index contributed by atoms with van der Waals surface area (Å²) >= 11 is 0. The van der Waals surface area contributed by atoms with Gasteiger partial charge in [-0.05, 0) is 63.1 Å².